The molecule has 0 aliphatic rings. The number of para-hydroxylation sites is 3. The molecule has 0 unspecified atom stereocenters. The quantitative estimate of drug-likeness (QED) is 0.346. The molecule has 5 heteroatoms. The standard InChI is InChI=1S/C29H33N3O2/c1-20(2)23-9-5-8-12-27(23)34-18-17-32-26-11-7-6-10-25(26)31-28(32)15-16-30-29(33)24-14-13-21(3)19-22(24)4/h5-14,19-20H,15-18H2,1-4H3,(H,30,33). The van der Waals surface area contributed by atoms with Gasteiger partial charge in [0.25, 0.3) is 5.91 Å². The summed E-state index contributed by atoms with van der Waals surface area (Å²) in [5, 5.41) is 3.06. The molecular weight excluding hydrogens is 422 g/mol. The number of nitrogens with zero attached hydrogens (tertiary/aromatic N) is 2. The molecule has 0 aliphatic carbocycles. The SMILES string of the molecule is Cc1ccc(C(=O)NCCc2nc3ccccc3n2CCOc2ccccc2C(C)C)c(C)c1. The van der Waals surface area contributed by atoms with Gasteiger partial charge in [-0.2, -0.15) is 0 Å². The van der Waals surface area contributed by atoms with Crippen molar-refractivity contribution in [2.75, 3.05) is 13.2 Å². The number of carbonyl (C=O) groups is 1. The third-order valence-electron chi connectivity index (χ3n) is 6.11. The van der Waals surface area contributed by atoms with Crippen molar-refractivity contribution in [2.24, 2.45) is 0 Å². The predicted molar refractivity (Wildman–Crippen MR) is 138 cm³/mol. The minimum Gasteiger partial charge on any atom is -0.491 e. The number of hydrogen-bond acceptors (Lipinski definition) is 3. The molecule has 0 atom stereocenters. The predicted octanol–water partition coefficient (Wildman–Crippen LogP) is 5.83. The van der Waals surface area contributed by atoms with Crippen LogP contribution < -0.4 is 10.1 Å². The first-order chi connectivity index (χ1) is 16.4. The number of amides is 1. The summed E-state index contributed by atoms with van der Waals surface area (Å²) in [7, 11) is 0. The topological polar surface area (TPSA) is 56.2 Å². The number of nitrogens with one attached hydrogen (secondary N) is 1. The monoisotopic (exact) mass is 455 g/mol. The van der Waals surface area contributed by atoms with Gasteiger partial charge in [0.15, 0.2) is 0 Å². The maximum Gasteiger partial charge on any atom is 0.251 e. The average molecular weight is 456 g/mol. The van der Waals surface area contributed by atoms with Gasteiger partial charge in [0.05, 0.1) is 17.6 Å². The molecule has 0 aliphatic heterocycles. The molecule has 0 fully saturated rings. The van der Waals surface area contributed by atoms with Gasteiger partial charge in [0.2, 0.25) is 0 Å². The molecule has 0 saturated heterocycles. The number of benzene rings is 3. The highest BCUT2D eigenvalue weighted by Gasteiger charge is 2.13. The van der Waals surface area contributed by atoms with E-state index in [1.165, 1.54) is 5.56 Å². The van der Waals surface area contributed by atoms with E-state index in [1.54, 1.807) is 0 Å². The maximum absolute atomic E-state index is 12.7. The number of imidazole rings is 1. The van der Waals surface area contributed by atoms with Crippen LogP contribution in [0.4, 0.5) is 0 Å². The molecular formula is C29H33N3O2. The summed E-state index contributed by atoms with van der Waals surface area (Å²) in [5.74, 6) is 2.24. The molecule has 34 heavy (non-hydrogen) atoms. The van der Waals surface area contributed by atoms with Crippen LogP contribution in [0.1, 0.15) is 52.6 Å². The van der Waals surface area contributed by atoms with Crippen LogP contribution in [0, 0.1) is 13.8 Å². The number of fused-ring (bicyclic) bond motifs is 1. The number of rotatable bonds is 9. The van der Waals surface area contributed by atoms with E-state index < -0.39 is 0 Å². The van der Waals surface area contributed by atoms with Gasteiger partial charge in [0.1, 0.15) is 18.2 Å². The van der Waals surface area contributed by atoms with E-state index in [-0.39, 0.29) is 5.91 Å². The molecule has 1 aromatic heterocycles. The lowest BCUT2D eigenvalue weighted by Gasteiger charge is -2.15. The largest absolute Gasteiger partial charge is 0.491 e. The van der Waals surface area contributed by atoms with E-state index in [4.69, 9.17) is 9.72 Å². The molecule has 4 aromatic rings. The van der Waals surface area contributed by atoms with Crippen LogP contribution in [-0.4, -0.2) is 28.6 Å². The summed E-state index contributed by atoms with van der Waals surface area (Å²) < 4.78 is 8.39. The van der Waals surface area contributed by atoms with E-state index in [2.05, 4.69) is 41.9 Å². The van der Waals surface area contributed by atoms with Gasteiger partial charge in [-0.25, -0.2) is 4.98 Å². The normalized spacial score (nSPS) is 11.2. The number of aromatic nitrogens is 2. The van der Waals surface area contributed by atoms with E-state index in [0.717, 1.165) is 39.3 Å². The zero-order valence-corrected chi connectivity index (χ0v) is 20.5. The molecule has 4 rings (SSSR count). The summed E-state index contributed by atoms with van der Waals surface area (Å²) in [6, 6.07) is 22.3. The fourth-order valence-electron chi connectivity index (χ4n) is 4.35. The van der Waals surface area contributed by atoms with Crippen molar-refractivity contribution in [3.05, 3.63) is 94.8 Å². The summed E-state index contributed by atoms with van der Waals surface area (Å²) >= 11 is 0. The van der Waals surface area contributed by atoms with Crippen LogP contribution in [-0.2, 0) is 13.0 Å². The fraction of sp³-hybridized carbons (Fsp3) is 0.310. The molecule has 1 amide bonds. The van der Waals surface area contributed by atoms with Crippen molar-refractivity contribution in [3.8, 4) is 5.75 Å². The Bertz CT molecular complexity index is 1290. The second-order valence-corrected chi connectivity index (χ2v) is 9.03. The van der Waals surface area contributed by atoms with Crippen molar-refractivity contribution < 1.29 is 9.53 Å². The lowest BCUT2D eigenvalue weighted by molar-refractivity contribution is 0.0953. The van der Waals surface area contributed by atoms with E-state index in [9.17, 15) is 4.79 Å². The van der Waals surface area contributed by atoms with E-state index >= 15 is 0 Å². The minimum absolute atomic E-state index is 0.0474. The van der Waals surface area contributed by atoms with Gasteiger partial charge in [-0.15, -0.1) is 0 Å². The van der Waals surface area contributed by atoms with Crippen LogP contribution in [0.25, 0.3) is 11.0 Å². The zero-order valence-electron chi connectivity index (χ0n) is 20.5. The first-order valence-corrected chi connectivity index (χ1v) is 12.0. The molecule has 3 aromatic carbocycles. The molecule has 1 heterocycles. The van der Waals surface area contributed by atoms with Crippen molar-refractivity contribution in [1.82, 2.24) is 14.9 Å². The Balaban J connectivity index is 1.44. The van der Waals surface area contributed by atoms with Crippen LogP contribution in [0.5, 0.6) is 5.75 Å². The summed E-state index contributed by atoms with van der Waals surface area (Å²) in [6.07, 6.45) is 0.647. The maximum atomic E-state index is 12.7. The third kappa shape index (κ3) is 5.30. The summed E-state index contributed by atoms with van der Waals surface area (Å²) in [4.78, 5) is 17.5. The van der Waals surface area contributed by atoms with Gasteiger partial charge in [-0.05, 0) is 55.2 Å². The number of ether oxygens (including phenoxy) is 1. The second kappa shape index (κ2) is 10.6. The van der Waals surface area contributed by atoms with Crippen molar-refractivity contribution in [3.63, 3.8) is 0 Å². The highest BCUT2D eigenvalue weighted by molar-refractivity contribution is 5.95. The minimum atomic E-state index is -0.0474. The van der Waals surface area contributed by atoms with Gasteiger partial charge in [-0.3, -0.25) is 4.79 Å². The third-order valence-corrected chi connectivity index (χ3v) is 6.11. The van der Waals surface area contributed by atoms with Crippen LogP contribution in [0.2, 0.25) is 0 Å². The Morgan fingerprint density at radius 1 is 1.03 bits per heavy atom. The highest BCUT2D eigenvalue weighted by Crippen LogP contribution is 2.26. The Labute approximate surface area is 201 Å². The average Bonchev–Trinajstić information content (AvgIpc) is 3.16. The molecule has 0 saturated carbocycles. The first-order valence-electron chi connectivity index (χ1n) is 12.0. The molecule has 5 nitrogen and oxygen atoms in total. The second-order valence-electron chi connectivity index (χ2n) is 9.03. The number of hydrogen-bond donors (Lipinski definition) is 1. The Morgan fingerprint density at radius 3 is 2.59 bits per heavy atom. The smallest absolute Gasteiger partial charge is 0.251 e. The summed E-state index contributed by atoms with van der Waals surface area (Å²) in [6.45, 7) is 10.1. The van der Waals surface area contributed by atoms with Gasteiger partial charge in [-0.1, -0.05) is 61.9 Å². The lowest BCUT2D eigenvalue weighted by Crippen LogP contribution is -2.27. The van der Waals surface area contributed by atoms with E-state index in [1.807, 2.05) is 62.4 Å². The summed E-state index contributed by atoms with van der Waals surface area (Å²) in [5.41, 5.74) is 6.12. The van der Waals surface area contributed by atoms with Crippen LogP contribution >= 0.6 is 0 Å². The van der Waals surface area contributed by atoms with Crippen LogP contribution in [0.15, 0.2) is 66.7 Å². The fourth-order valence-corrected chi connectivity index (χ4v) is 4.35. The molecule has 0 bridgehead atoms. The highest BCUT2D eigenvalue weighted by atomic mass is 16.5. The van der Waals surface area contributed by atoms with Gasteiger partial charge >= 0.3 is 0 Å². The van der Waals surface area contributed by atoms with Crippen molar-refractivity contribution in [1.29, 1.82) is 0 Å². The molecule has 1 N–H and O–H groups in total. The molecule has 0 spiro atoms. The molecule has 0 radical (unpaired) electrons. The molecule has 176 valence electrons. The number of carbonyl (C=O) groups excluding carboxylic acids is 1. The first kappa shape index (κ1) is 23.6. The van der Waals surface area contributed by atoms with Gasteiger partial charge < -0.3 is 14.6 Å². The van der Waals surface area contributed by atoms with Crippen molar-refractivity contribution in [2.45, 2.75) is 46.6 Å². The van der Waals surface area contributed by atoms with E-state index in [0.29, 0.717) is 32.0 Å². The van der Waals surface area contributed by atoms with Crippen LogP contribution in [0.3, 0.4) is 0 Å². The zero-order chi connectivity index (χ0) is 24.1. The van der Waals surface area contributed by atoms with Crippen molar-refractivity contribution >= 4 is 16.9 Å². The van der Waals surface area contributed by atoms with Gasteiger partial charge in [0, 0.05) is 18.5 Å². The number of aryl methyl sites for hydroxylation is 2. The Kier molecular flexibility index (Phi) is 7.31. The Morgan fingerprint density at radius 2 is 1.79 bits per heavy atom. The Hall–Kier alpha value is -3.60. The lowest BCUT2D eigenvalue weighted by atomic mass is 10.0.